The van der Waals surface area contributed by atoms with E-state index in [-0.39, 0.29) is 17.5 Å². The maximum absolute atomic E-state index is 12.6. The maximum Gasteiger partial charge on any atom is 0.237 e. The fraction of sp³-hybridized carbons (Fsp3) is 0.727. The van der Waals surface area contributed by atoms with Gasteiger partial charge in [-0.25, -0.2) is 4.98 Å². The van der Waals surface area contributed by atoms with Crippen molar-refractivity contribution in [1.82, 2.24) is 20.1 Å². The topological polar surface area (TPSA) is 51.7 Å². The molecule has 3 rings (SSSR count). The van der Waals surface area contributed by atoms with Crippen molar-refractivity contribution in [3.63, 3.8) is 0 Å². The van der Waals surface area contributed by atoms with Crippen LogP contribution in [0.25, 0.3) is 0 Å². The highest BCUT2D eigenvalue weighted by molar-refractivity contribution is 5.81. The number of piperidine rings is 1. The number of piperazine rings is 1. The number of nitrogens with one attached hydrogen (secondary N) is 1. The molecular formula is C22H37N5O. The summed E-state index contributed by atoms with van der Waals surface area (Å²) in [4.78, 5) is 24.4. The molecule has 2 unspecified atom stereocenters. The molecule has 156 valence electrons. The van der Waals surface area contributed by atoms with Gasteiger partial charge in [-0.05, 0) is 65.1 Å². The number of carbonyl (C=O) groups excluding carboxylic acids is 1. The zero-order valence-electron chi connectivity index (χ0n) is 18.0. The smallest absolute Gasteiger partial charge is 0.237 e. The summed E-state index contributed by atoms with van der Waals surface area (Å²) in [6.45, 7) is 15.6. The normalized spacial score (nSPS) is 23.4. The van der Waals surface area contributed by atoms with Gasteiger partial charge in [0, 0.05) is 51.0 Å². The first-order valence-electron chi connectivity index (χ1n) is 10.8. The molecule has 1 aromatic rings. The fourth-order valence-corrected chi connectivity index (χ4v) is 4.30. The second kappa shape index (κ2) is 9.23. The van der Waals surface area contributed by atoms with Crippen LogP contribution in [0.5, 0.6) is 0 Å². The van der Waals surface area contributed by atoms with Gasteiger partial charge in [0.1, 0.15) is 5.82 Å². The van der Waals surface area contributed by atoms with Crippen molar-refractivity contribution in [2.45, 2.75) is 52.1 Å². The maximum atomic E-state index is 12.6. The molecule has 0 saturated carbocycles. The van der Waals surface area contributed by atoms with E-state index in [0.29, 0.717) is 5.92 Å². The van der Waals surface area contributed by atoms with E-state index in [4.69, 9.17) is 0 Å². The van der Waals surface area contributed by atoms with E-state index < -0.39 is 0 Å². The first-order chi connectivity index (χ1) is 13.3. The van der Waals surface area contributed by atoms with E-state index in [0.717, 1.165) is 51.6 Å². The summed E-state index contributed by atoms with van der Waals surface area (Å²) in [5.74, 6) is 1.89. The summed E-state index contributed by atoms with van der Waals surface area (Å²) in [6, 6.07) is 6.07. The molecule has 3 heterocycles. The fourth-order valence-electron chi connectivity index (χ4n) is 4.30. The molecule has 28 heavy (non-hydrogen) atoms. The molecule has 2 saturated heterocycles. The average molecular weight is 388 g/mol. The lowest BCUT2D eigenvalue weighted by atomic mass is 9.95. The number of carbonyl (C=O) groups is 1. The highest BCUT2D eigenvalue weighted by Gasteiger charge is 2.30. The van der Waals surface area contributed by atoms with Gasteiger partial charge in [-0.15, -0.1) is 0 Å². The third kappa shape index (κ3) is 5.92. The molecule has 0 bridgehead atoms. The molecule has 2 atom stereocenters. The Morgan fingerprint density at radius 2 is 1.96 bits per heavy atom. The van der Waals surface area contributed by atoms with Crippen molar-refractivity contribution in [2.75, 3.05) is 50.7 Å². The van der Waals surface area contributed by atoms with Crippen LogP contribution in [-0.2, 0) is 4.79 Å². The largest absolute Gasteiger partial charge is 0.354 e. The van der Waals surface area contributed by atoms with Crippen molar-refractivity contribution < 1.29 is 4.79 Å². The molecule has 6 nitrogen and oxygen atoms in total. The molecule has 1 N–H and O–H groups in total. The van der Waals surface area contributed by atoms with E-state index in [9.17, 15) is 4.79 Å². The van der Waals surface area contributed by atoms with Gasteiger partial charge in [0.25, 0.3) is 0 Å². The minimum atomic E-state index is -0.173. The first kappa shape index (κ1) is 21.1. The zero-order chi connectivity index (χ0) is 20.1. The van der Waals surface area contributed by atoms with Gasteiger partial charge in [0.15, 0.2) is 0 Å². The van der Waals surface area contributed by atoms with E-state index >= 15 is 0 Å². The highest BCUT2D eigenvalue weighted by Crippen LogP contribution is 2.21. The molecule has 2 aliphatic rings. The Balaban J connectivity index is 1.46. The van der Waals surface area contributed by atoms with E-state index in [1.54, 1.807) is 0 Å². The highest BCUT2D eigenvalue weighted by atomic mass is 16.2. The van der Waals surface area contributed by atoms with Crippen LogP contribution in [0.3, 0.4) is 0 Å². The first-order valence-corrected chi connectivity index (χ1v) is 10.8. The van der Waals surface area contributed by atoms with Gasteiger partial charge in [-0.3, -0.25) is 14.6 Å². The third-order valence-electron chi connectivity index (χ3n) is 5.84. The van der Waals surface area contributed by atoms with Crippen molar-refractivity contribution in [1.29, 1.82) is 0 Å². The van der Waals surface area contributed by atoms with Crippen LogP contribution in [0, 0.1) is 5.92 Å². The van der Waals surface area contributed by atoms with Crippen LogP contribution in [0.4, 0.5) is 5.82 Å². The molecule has 1 aromatic heterocycles. The predicted molar refractivity (Wildman–Crippen MR) is 115 cm³/mol. The van der Waals surface area contributed by atoms with E-state index in [1.165, 1.54) is 12.8 Å². The summed E-state index contributed by atoms with van der Waals surface area (Å²) in [5.41, 5.74) is -0.173. The quantitative estimate of drug-likeness (QED) is 0.840. The van der Waals surface area contributed by atoms with Gasteiger partial charge in [-0.1, -0.05) is 6.07 Å². The average Bonchev–Trinajstić information content (AvgIpc) is 2.67. The van der Waals surface area contributed by atoms with Gasteiger partial charge in [-0.2, -0.15) is 0 Å². The van der Waals surface area contributed by atoms with Crippen molar-refractivity contribution in [3.8, 4) is 0 Å². The van der Waals surface area contributed by atoms with Crippen molar-refractivity contribution >= 4 is 11.7 Å². The Kier molecular flexibility index (Phi) is 6.94. The lowest BCUT2D eigenvalue weighted by Crippen LogP contribution is -2.54. The molecule has 0 radical (unpaired) electrons. The van der Waals surface area contributed by atoms with E-state index in [2.05, 4.69) is 44.1 Å². The Morgan fingerprint density at radius 1 is 1.21 bits per heavy atom. The second-order valence-electron chi connectivity index (χ2n) is 9.39. The minimum absolute atomic E-state index is 0.0528. The standard InChI is InChI=1S/C22H37N5O/c1-18(21(28)24-22(2,3)4)27-11-7-8-19(17-27)16-25-12-14-26(15-13-25)20-9-5-6-10-23-20/h5-6,9-10,18-19H,7-8,11-17H2,1-4H3,(H,24,28). The Bertz CT molecular complexity index is 622. The molecule has 6 heteroatoms. The predicted octanol–water partition coefficient (Wildman–Crippen LogP) is 2.22. The zero-order valence-corrected chi connectivity index (χ0v) is 18.0. The summed E-state index contributed by atoms with van der Waals surface area (Å²) in [7, 11) is 0. The number of nitrogens with zero attached hydrogens (tertiary/aromatic N) is 4. The van der Waals surface area contributed by atoms with Crippen LogP contribution in [-0.4, -0.2) is 78.1 Å². The molecule has 1 amide bonds. The minimum Gasteiger partial charge on any atom is -0.354 e. The Morgan fingerprint density at radius 3 is 2.61 bits per heavy atom. The van der Waals surface area contributed by atoms with Crippen LogP contribution < -0.4 is 10.2 Å². The lowest BCUT2D eigenvalue weighted by molar-refractivity contribution is -0.128. The molecule has 0 aliphatic carbocycles. The summed E-state index contributed by atoms with van der Waals surface area (Å²) >= 11 is 0. The Labute approximate surface area is 170 Å². The molecule has 0 spiro atoms. The van der Waals surface area contributed by atoms with Crippen LogP contribution in [0.1, 0.15) is 40.5 Å². The van der Waals surface area contributed by atoms with Crippen molar-refractivity contribution in [3.05, 3.63) is 24.4 Å². The van der Waals surface area contributed by atoms with Gasteiger partial charge < -0.3 is 10.2 Å². The monoisotopic (exact) mass is 387 g/mol. The Hall–Kier alpha value is -1.66. The van der Waals surface area contributed by atoms with Crippen LogP contribution >= 0.6 is 0 Å². The van der Waals surface area contributed by atoms with Gasteiger partial charge in [0.05, 0.1) is 6.04 Å². The molecule has 0 aromatic carbocycles. The number of hydrogen-bond acceptors (Lipinski definition) is 5. The van der Waals surface area contributed by atoms with Gasteiger partial charge in [0.2, 0.25) is 5.91 Å². The van der Waals surface area contributed by atoms with Gasteiger partial charge >= 0.3 is 0 Å². The molecular weight excluding hydrogens is 350 g/mol. The number of likely N-dealkylation sites (tertiary alicyclic amines) is 1. The summed E-state index contributed by atoms with van der Waals surface area (Å²) in [6.07, 6.45) is 4.32. The summed E-state index contributed by atoms with van der Waals surface area (Å²) < 4.78 is 0. The van der Waals surface area contributed by atoms with E-state index in [1.807, 2.05) is 33.0 Å². The van der Waals surface area contributed by atoms with Crippen molar-refractivity contribution in [2.24, 2.45) is 5.92 Å². The number of pyridine rings is 1. The third-order valence-corrected chi connectivity index (χ3v) is 5.84. The number of hydrogen-bond donors (Lipinski definition) is 1. The summed E-state index contributed by atoms with van der Waals surface area (Å²) in [5, 5.41) is 3.13. The molecule has 2 fully saturated rings. The number of aromatic nitrogens is 1. The number of rotatable bonds is 5. The van der Waals surface area contributed by atoms with Crippen LogP contribution in [0.15, 0.2) is 24.4 Å². The van der Waals surface area contributed by atoms with Crippen LogP contribution in [0.2, 0.25) is 0 Å². The number of amides is 1. The molecule has 2 aliphatic heterocycles. The second-order valence-corrected chi connectivity index (χ2v) is 9.39. The SMILES string of the molecule is CC(C(=O)NC(C)(C)C)N1CCCC(CN2CCN(c3ccccn3)CC2)C1. The number of anilines is 1. The lowest BCUT2D eigenvalue weighted by Gasteiger charge is -2.41.